The number of ketones is 1. The minimum absolute atomic E-state index is 0.0132. The predicted octanol–water partition coefficient (Wildman–Crippen LogP) is 4.04. The second-order valence-electron chi connectivity index (χ2n) is 7.43. The molecule has 0 aliphatic carbocycles. The number of aliphatic hydroxyl groups excluding tert-OH is 1. The van der Waals surface area contributed by atoms with Crippen molar-refractivity contribution in [1.29, 1.82) is 0 Å². The summed E-state index contributed by atoms with van der Waals surface area (Å²) >= 11 is 0. The fourth-order valence-corrected chi connectivity index (χ4v) is 3.89. The summed E-state index contributed by atoms with van der Waals surface area (Å²) in [6.45, 7) is 1.76. The molecule has 7 heteroatoms. The zero-order chi connectivity index (χ0) is 23.0. The minimum atomic E-state index is -1.01. The zero-order valence-corrected chi connectivity index (χ0v) is 17.4. The molecule has 162 valence electrons. The molecule has 0 saturated carbocycles. The lowest BCUT2D eigenvalue weighted by Crippen LogP contribution is -2.29. The number of nitrogens with zero attached hydrogens (tertiary/aromatic N) is 1. The van der Waals surface area contributed by atoms with E-state index >= 15 is 0 Å². The summed E-state index contributed by atoms with van der Waals surface area (Å²) in [5, 5.41) is 31.3. The first-order chi connectivity index (χ1) is 15.3. The van der Waals surface area contributed by atoms with Gasteiger partial charge in [0.25, 0.3) is 11.7 Å². The number of hydrogen-bond acceptors (Lipinski definition) is 6. The Morgan fingerprint density at radius 2 is 1.66 bits per heavy atom. The van der Waals surface area contributed by atoms with Crippen LogP contribution < -0.4 is 9.64 Å². The van der Waals surface area contributed by atoms with Crippen LogP contribution >= 0.6 is 0 Å². The number of amides is 1. The maximum Gasteiger partial charge on any atom is 0.300 e. The summed E-state index contributed by atoms with van der Waals surface area (Å²) in [6, 6.07) is 16.1. The van der Waals surface area contributed by atoms with Crippen molar-refractivity contribution in [3.05, 3.63) is 89.0 Å². The highest BCUT2D eigenvalue weighted by atomic mass is 16.5. The summed E-state index contributed by atoms with van der Waals surface area (Å²) < 4.78 is 5.20. The van der Waals surface area contributed by atoms with E-state index in [1.54, 1.807) is 49.4 Å². The quantitative estimate of drug-likeness (QED) is 0.327. The van der Waals surface area contributed by atoms with E-state index < -0.39 is 17.7 Å². The van der Waals surface area contributed by atoms with Crippen LogP contribution in [-0.2, 0) is 9.59 Å². The molecular formula is C25H21NO6. The Balaban J connectivity index is 1.97. The van der Waals surface area contributed by atoms with Crippen LogP contribution in [-0.4, -0.2) is 34.1 Å². The largest absolute Gasteiger partial charge is 0.508 e. The third-order valence-electron chi connectivity index (χ3n) is 5.48. The van der Waals surface area contributed by atoms with Crippen molar-refractivity contribution in [1.82, 2.24) is 0 Å². The molecule has 3 N–H and O–H groups in total. The topological polar surface area (TPSA) is 107 Å². The van der Waals surface area contributed by atoms with Gasteiger partial charge in [0.05, 0.1) is 24.4 Å². The maximum absolute atomic E-state index is 13.1. The number of Topliss-reactive ketones (excluding diaryl/α,β-unsaturated/α-hetero) is 1. The molecule has 1 fully saturated rings. The molecular weight excluding hydrogens is 410 g/mol. The lowest BCUT2D eigenvalue weighted by Gasteiger charge is -2.26. The van der Waals surface area contributed by atoms with E-state index in [4.69, 9.17) is 4.74 Å². The van der Waals surface area contributed by atoms with Gasteiger partial charge in [0.1, 0.15) is 23.0 Å². The van der Waals surface area contributed by atoms with Gasteiger partial charge in [0.15, 0.2) is 0 Å². The highest BCUT2D eigenvalue weighted by molar-refractivity contribution is 6.52. The fraction of sp³-hybridized carbons (Fsp3) is 0.120. The van der Waals surface area contributed by atoms with Crippen molar-refractivity contribution >= 4 is 23.1 Å². The Labute approximate surface area is 184 Å². The van der Waals surface area contributed by atoms with Gasteiger partial charge in [-0.05, 0) is 60.5 Å². The fourth-order valence-electron chi connectivity index (χ4n) is 3.89. The van der Waals surface area contributed by atoms with Crippen molar-refractivity contribution in [2.24, 2.45) is 0 Å². The molecule has 0 spiro atoms. The third kappa shape index (κ3) is 3.43. The smallest absolute Gasteiger partial charge is 0.300 e. The lowest BCUT2D eigenvalue weighted by molar-refractivity contribution is -0.132. The number of rotatable bonds is 4. The molecule has 4 rings (SSSR count). The summed E-state index contributed by atoms with van der Waals surface area (Å²) in [5.74, 6) is -1.67. The van der Waals surface area contributed by atoms with E-state index in [1.165, 1.54) is 31.4 Å². The molecule has 1 heterocycles. The summed E-state index contributed by atoms with van der Waals surface area (Å²) in [5.41, 5.74) is 1.54. The Bertz CT molecular complexity index is 1250. The Hall–Kier alpha value is -4.26. The number of methoxy groups -OCH3 is 1. The normalized spacial score (nSPS) is 17.6. The van der Waals surface area contributed by atoms with Crippen molar-refractivity contribution in [2.75, 3.05) is 12.0 Å². The zero-order valence-electron chi connectivity index (χ0n) is 17.4. The van der Waals surface area contributed by atoms with Crippen LogP contribution in [0.4, 0.5) is 5.69 Å². The number of anilines is 1. The summed E-state index contributed by atoms with van der Waals surface area (Å²) in [7, 11) is 1.52. The van der Waals surface area contributed by atoms with Crippen LogP contribution in [0.25, 0.3) is 5.76 Å². The minimum Gasteiger partial charge on any atom is -0.508 e. The molecule has 1 aliphatic heterocycles. The van der Waals surface area contributed by atoms with E-state index in [1.807, 2.05) is 0 Å². The number of para-hydroxylation sites is 2. The highest BCUT2D eigenvalue weighted by Gasteiger charge is 2.47. The number of hydrogen-bond donors (Lipinski definition) is 3. The van der Waals surface area contributed by atoms with Gasteiger partial charge in [-0.2, -0.15) is 0 Å². The standard InChI is InChI=1S/C25H21NO6/c1-14-13-17(32-2)11-12-18(14)23(29)21-22(15-7-9-16(27)10-8-15)26(25(31)24(21)30)19-5-3-4-6-20(19)28/h3-13,22,27-29H,1-2H3/b23-21-. The Morgan fingerprint density at radius 3 is 2.28 bits per heavy atom. The number of phenols is 2. The number of carbonyl (C=O) groups excluding carboxylic acids is 2. The monoisotopic (exact) mass is 431 g/mol. The second-order valence-corrected chi connectivity index (χ2v) is 7.43. The molecule has 1 saturated heterocycles. The Morgan fingerprint density at radius 1 is 0.969 bits per heavy atom. The van der Waals surface area contributed by atoms with Gasteiger partial charge in [-0.1, -0.05) is 24.3 Å². The summed E-state index contributed by atoms with van der Waals surface area (Å²) in [6.07, 6.45) is 0. The van der Waals surface area contributed by atoms with Gasteiger partial charge in [-0.3, -0.25) is 14.5 Å². The van der Waals surface area contributed by atoms with E-state index in [0.29, 0.717) is 22.4 Å². The number of aryl methyl sites for hydroxylation is 1. The van der Waals surface area contributed by atoms with Gasteiger partial charge < -0.3 is 20.1 Å². The van der Waals surface area contributed by atoms with Crippen LogP contribution in [0, 0.1) is 6.92 Å². The van der Waals surface area contributed by atoms with Crippen molar-refractivity contribution in [3.63, 3.8) is 0 Å². The molecule has 3 aromatic carbocycles. The molecule has 1 unspecified atom stereocenters. The predicted molar refractivity (Wildman–Crippen MR) is 119 cm³/mol. The van der Waals surface area contributed by atoms with E-state index in [9.17, 15) is 24.9 Å². The van der Waals surface area contributed by atoms with Gasteiger partial charge in [-0.25, -0.2) is 0 Å². The summed E-state index contributed by atoms with van der Waals surface area (Å²) in [4.78, 5) is 27.4. The number of aliphatic hydroxyl groups is 1. The molecule has 0 bridgehead atoms. The van der Waals surface area contributed by atoms with Gasteiger partial charge >= 0.3 is 0 Å². The van der Waals surface area contributed by atoms with Crippen LogP contribution in [0.15, 0.2) is 72.3 Å². The first kappa shape index (κ1) is 21.0. The average molecular weight is 431 g/mol. The number of carbonyl (C=O) groups is 2. The van der Waals surface area contributed by atoms with E-state index in [0.717, 1.165) is 4.90 Å². The van der Waals surface area contributed by atoms with Gasteiger partial charge in [0, 0.05) is 5.56 Å². The van der Waals surface area contributed by atoms with Crippen molar-refractivity contribution in [2.45, 2.75) is 13.0 Å². The van der Waals surface area contributed by atoms with Crippen LogP contribution in [0.1, 0.15) is 22.7 Å². The SMILES string of the molecule is COc1ccc(/C(O)=C2/C(=O)C(=O)N(c3ccccc3O)C2c2ccc(O)cc2)c(C)c1. The van der Waals surface area contributed by atoms with Crippen molar-refractivity contribution in [3.8, 4) is 17.2 Å². The second kappa shape index (κ2) is 8.11. The van der Waals surface area contributed by atoms with E-state index in [2.05, 4.69) is 0 Å². The van der Waals surface area contributed by atoms with E-state index in [-0.39, 0.29) is 28.5 Å². The highest BCUT2D eigenvalue weighted by Crippen LogP contribution is 2.45. The first-order valence-electron chi connectivity index (χ1n) is 9.86. The molecule has 3 aromatic rings. The van der Waals surface area contributed by atoms with Crippen molar-refractivity contribution < 1.29 is 29.6 Å². The molecule has 0 radical (unpaired) electrons. The average Bonchev–Trinajstić information content (AvgIpc) is 3.04. The number of phenolic OH excluding ortho intramolecular Hbond substituents is 2. The number of ether oxygens (including phenoxy) is 1. The van der Waals surface area contributed by atoms with Crippen LogP contribution in [0.5, 0.6) is 17.2 Å². The lowest BCUT2D eigenvalue weighted by atomic mass is 9.93. The van der Waals surface area contributed by atoms with Crippen LogP contribution in [0.2, 0.25) is 0 Å². The maximum atomic E-state index is 13.1. The molecule has 0 aromatic heterocycles. The number of benzene rings is 3. The molecule has 1 aliphatic rings. The first-order valence-corrected chi connectivity index (χ1v) is 9.86. The van der Waals surface area contributed by atoms with Gasteiger partial charge in [-0.15, -0.1) is 0 Å². The molecule has 1 amide bonds. The Kier molecular flexibility index (Phi) is 5.32. The number of aromatic hydroxyl groups is 2. The van der Waals surface area contributed by atoms with Crippen LogP contribution in [0.3, 0.4) is 0 Å². The van der Waals surface area contributed by atoms with Gasteiger partial charge in [0.2, 0.25) is 0 Å². The molecule has 7 nitrogen and oxygen atoms in total. The molecule has 32 heavy (non-hydrogen) atoms. The third-order valence-corrected chi connectivity index (χ3v) is 5.48. The molecule has 1 atom stereocenters.